The number of carbonyl (C=O) groups is 1. The van der Waals surface area contributed by atoms with Crippen molar-refractivity contribution in [2.24, 2.45) is 11.8 Å². The molecule has 4 heterocycles. The van der Waals surface area contributed by atoms with Crippen molar-refractivity contribution in [1.29, 1.82) is 0 Å². The normalized spacial score (nSPS) is 23.8. The molecule has 2 aliphatic heterocycles. The van der Waals surface area contributed by atoms with Crippen molar-refractivity contribution in [2.75, 3.05) is 26.3 Å². The molecule has 0 radical (unpaired) electrons. The zero-order chi connectivity index (χ0) is 17.1. The number of nitrogens with zero attached hydrogens (tertiary/aromatic N) is 5. The van der Waals surface area contributed by atoms with Crippen LogP contribution >= 0.6 is 0 Å². The predicted octanol–water partition coefficient (Wildman–Crippen LogP) is 1.34. The molecule has 2 aromatic heterocycles. The van der Waals surface area contributed by atoms with E-state index in [1.165, 1.54) is 0 Å². The second-order valence-electron chi connectivity index (χ2n) is 6.66. The molecule has 0 spiro atoms. The molecule has 0 saturated carbocycles. The van der Waals surface area contributed by atoms with Crippen LogP contribution in [0.1, 0.15) is 25.2 Å². The number of likely N-dealkylation sites (tertiary alicyclic amines) is 1. The lowest BCUT2D eigenvalue weighted by Crippen LogP contribution is -2.43. The summed E-state index contributed by atoms with van der Waals surface area (Å²) in [7, 11) is 0. The summed E-state index contributed by atoms with van der Waals surface area (Å²) in [6.45, 7) is 2.84. The zero-order valence-electron chi connectivity index (χ0n) is 14.0. The number of carbonyl (C=O) groups excluding carboxylic acids is 1. The third-order valence-corrected chi connectivity index (χ3v) is 4.83. The molecule has 2 fully saturated rings. The van der Waals surface area contributed by atoms with Crippen LogP contribution in [0.2, 0.25) is 0 Å². The van der Waals surface area contributed by atoms with Gasteiger partial charge in [0.05, 0.1) is 18.7 Å². The van der Waals surface area contributed by atoms with E-state index in [1.54, 1.807) is 18.6 Å². The van der Waals surface area contributed by atoms with Gasteiger partial charge in [-0.2, -0.15) is 4.98 Å². The summed E-state index contributed by atoms with van der Waals surface area (Å²) >= 11 is 0. The monoisotopic (exact) mass is 343 g/mol. The Bertz CT molecular complexity index is 714. The summed E-state index contributed by atoms with van der Waals surface area (Å²) in [5.74, 6) is 1.65. The van der Waals surface area contributed by atoms with Crippen molar-refractivity contribution in [3.8, 4) is 11.5 Å². The van der Waals surface area contributed by atoms with Gasteiger partial charge in [-0.15, -0.1) is 0 Å². The lowest BCUT2D eigenvalue weighted by molar-refractivity contribution is -0.137. The number of hydrogen-bond acceptors (Lipinski definition) is 7. The Labute approximate surface area is 145 Å². The standard InChI is InChI=1S/C17H21N5O3/c23-17(13-3-7-24-11-13)22-6-1-2-12(10-22)8-15-20-16(21-25-15)14-9-18-4-5-19-14/h4-5,9,12-13H,1-3,6-8,10-11H2/t12-,13+/m0/s1. The van der Waals surface area contributed by atoms with Gasteiger partial charge in [0.1, 0.15) is 5.69 Å². The fourth-order valence-corrected chi connectivity index (χ4v) is 3.52. The molecule has 0 bridgehead atoms. The fraction of sp³-hybridized carbons (Fsp3) is 0.588. The van der Waals surface area contributed by atoms with E-state index in [0.29, 0.717) is 43.0 Å². The van der Waals surface area contributed by atoms with E-state index in [0.717, 1.165) is 32.4 Å². The smallest absolute Gasteiger partial charge is 0.228 e. The minimum atomic E-state index is 0.0328. The minimum Gasteiger partial charge on any atom is -0.381 e. The van der Waals surface area contributed by atoms with Crippen molar-refractivity contribution >= 4 is 5.91 Å². The average Bonchev–Trinajstić information content (AvgIpc) is 3.34. The average molecular weight is 343 g/mol. The summed E-state index contributed by atoms with van der Waals surface area (Å²) in [4.78, 5) is 27.2. The van der Waals surface area contributed by atoms with Crippen LogP contribution in [0.5, 0.6) is 0 Å². The second kappa shape index (κ2) is 7.26. The van der Waals surface area contributed by atoms with E-state index in [1.807, 2.05) is 4.90 Å². The van der Waals surface area contributed by atoms with Gasteiger partial charge in [-0.05, 0) is 25.2 Å². The number of aromatic nitrogens is 4. The number of hydrogen-bond donors (Lipinski definition) is 0. The maximum atomic E-state index is 12.6. The van der Waals surface area contributed by atoms with E-state index in [2.05, 4.69) is 20.1 Å². The maximum absolute atomic E-state index is 12.6. The number of piperidine rings is 1. The van der Waals surface area contributed by atoms with Crippen LogP contribution in [0.15, 0.2) is 23.1 Å². The van der Waals surface area contributed by atoms with Crippen molar-refractivity contribution < 1.29 is 14.1 Å². The molecule has 132 valence electrons. The Morgan fingerprint density at radius 3 is 3.08 bits per heavy atom. The van der Waals surface area contributed by atoms with Crippen molar-refractivity contribution in [2.45, 2.75) is 25.7 Å². The quantitative estimate of drug-likeness (QED) is 0.827. The van der Waals surface area contributed by atoms with Crippen molar-refractivity contribution in [3.63, 3.8) is 0 Å². The lowest BCUT2D eigenvalue weighted by Gasteiger charge is -2.33. The van der Waals surface area contributed by atoms with E-state index >= 15 is 0 Å². The molecule has 1 amide bonds. The Balaban J connectivity index is 1.37. The van der Waals surface area contributed by atoms with Crippen LogP contribution in [0.25, 0.3) is 11.5 Å². The number of amides is 1. The molecule has 2 saturated heterocycles. The van der Waals surface area contributed by atoms with Gasteiger partial charge in [0.25, 0.3) is 0 Å². The first-order valence-electron chi connectivity index (χ1n) is 8.75. The minimum absolute atomic E-state index is 0.0328. The summed E-state index contributed by atoms with van der Waals surface area (Å²) in [6.07, 6.45) is 8.40. The molecule has 25 heavy (non-hydrogen) atoms. The van der Waals surface area contributed by atoms with Crippen LogP contribution in [-0.4, -0.2) is 57.2 Å². The summed E-state index contributed by atoms with van der Waals surface area (Å²) in [5.41, 5.74) is 0.596. The maximum Gasteiger partial charge on any atom is 0.228 e. The molecule has 2 aliphatic rings. The molecule has 0 aliphatic carbocycles. The first kappa shape index (κ1) is 16.1. The Kier molecular flexibility index (Phi) is 4.69. The summed E-state index contributed by atoms with van der Waals surface area (Å²) < 4.78 is 10.7. The van der Waals surface area contributed by atoms with Gasteiger partial charge in [-0.3, -0.25) is 9.78 Å². The fourth-order valence-electron chi connectivity index (χ4n) is 3.52. The first-order chi connectivity index (χ1) is 12.3. The topological polar surface area (TPSA) is 94.2 Å². The molecule has 2 aromatic rings. The van der Waals surface area contributed by atoms with E-state index in [4.69, 9.17) is 9.26 Å². The number of ether oxygens (including phenoxy) is 1. The molecule has 4 rings (SSSR count). The van der Waals surface area contributed by atoms with Gasteiger partial charge in [0.2, 0.25) is 17.6 Å². The van der Waals surface area contributed by atoms with Gasteiger partial charge < -0.3 is 14.2 Å². The van der Waals surface area contributed by atoms with Crippen LogP contribution in [0.4, 0.5) is 0 Å². The van der Waals surface area contributed by atoms with Crippen molar-refractivity contribution in [3.05, 3.63) is 24.5 Å². The molecule has 0 aromatic carbocycles. The summed E-state index contributed by atoms with van der Waals surface area (Å²) in [5, 5.41) is 3.98. The highest BCUT2D eigenvalue weighted by Gasteiger charge is 2.31. The van der Waals surface area contributed by atoms with E-state index in [-0.39, 0.29) is 11.8 Å². The van der Waals surface area contributed by atoms with E-state index in [9.17, 15) is 4.79 Å². The predicted molar refractivity (Wildman–Crippen MR) is 87.3 cm³/mol. The number of rotatable bonds is 4. The zero-order valence-corrected chi connectivity index (χ0v) is 14.0. The van der Waals surface area contributed by atoms with Crippen LogP contribution in [0.3, 0.4) is 0 Å². The molecule has 8 nitrogen and oxygen atoms in total. The molecule has 8 heteroatoms. The van der Waals surface area contributed by atoms with Gasteiger partial charge in [-0.1, -0.05) is 5.16 Å². The highest BCUT2D eigenvalue weighted by Crippen LogP contribution is 2.24. The molecular weight excluding hydrogens is 322 g/mol. The summed E-state index contributed by atoms with van der Waals surface area (Å²) in [6, 6.07) is 0. The van der Waals surface area contributed by atoms with Crippen LogP contribution in [0, 0.1) is 11.8 Å². The Hall–Kier alpha value is -2.35. The van der Waals surface area contributed by atoms with Gasteiger partial charge in [0.15, 0.2) is 0 Å². The molecular formula is C17H21N5O3. The Morgan fingerprint density at radius 2 is 2.28 bits per heavy atom. The molecule has 0 unspecified atom stereocenters. The molecule has 0 N–H and O–H groups in total. The van der Waals surface area contributed by atoms with Crippen LogP contribution < -0.4 is 0 Å². The highest BCUT2D eigenvalue weighted by atomic mass is 16.5. The van der Waals surface area contributed by atoms with Gasteiger partial charge >= 0.3 is 0 Å². The molecule has 2 atom stereocenters. The highest BCUT2D eigenvalue weighted by molar-refractivity contribution is 5.79. The first-order valence-corrected chi connectivity index (χ1v) is 8.75. The van der Waals surface area contributed by atoms with Crippen LogP contribution in [-0.2, 0) is 16.0 Å². The second-order valence-corrected chi connectivity index (χ2v) is 6.66. The SMILES string of the molecule is O=C([C@@H]1CCOC1)N1CCC[C@@H](Cc2nc(-c3cnccn3)no2)C1. The van der Waals surface area contributed by atoms with E-state index < -0.39 is 0 Å². The van der Waals surface area contributed by atoms with Gasteiger partial charge in [-0.25, -0.2) is 4.98 Å². The van der Waals surface area contributed by atoms with Gasteiger partial charge in [0, 0.05) is 38.5 Å². The third kappa shape index (κ3) is 3.68. The Morgan fingerprint density at radius 1 is 1.32 bits per heavy atom. The largest absolute Gasteiger partial charge is 0.381 e. The lowest BCUT2D eigenvalue weighted by atomic mass is 9.93. The van der Waals surface area contributed by atoms with Crippen molar-refractivity contribution in [1.82, 2.24) is 25.0 Å². The third-order valence-electron chi connectivity index (χ3n) is 4.83.